The van der Waals surface area contributed by atoms with E-state index in [9.17, 15) is 17.6 Å². The third kappa shape index (κ3) is 5.87. The van der Waals surface area contributed by atoms with Gasteiger partial charge in [-0.25, -0.2) is 18.2 Å². The predicted octanol–water partition coefficient (Wildman–Crippen LogP) is 5.65. The van der Waals surface area contributed by atoms with Gasteiger partial charge >= 0.3 is 0 Å². The summed E-state index contributed by atoms with van der Waals surface area (Å²) in [6.07, 6.45) is 1.45. The first-order valence-electron chi connectivity index (χ1n) is 11.7. The molecule has 0 atom stereocenters. The number of para-hydroxylation sites is 1. The van der Waals surface area contributed by atoms with Crippen LogP contribution < -0.4 is 9.73 Å². The molecule has 4 rings (SSSR count). The average Bonchev–Trinajstić information content (AvgIpc) is 3.15. The number of anilines is 1. The number of amides is 1. The van der Waals surface area contributed by atoms with Crippen LogP contribution in [0.15, 0.2) is 93.3 Å². The molecule has 0 spiro atoms. The number of benzene rings is 3. The van der Waals surface area contributed by atoms with Crippen LogP contribution in [-0.4, -0.2) is 31.7 Å². The summed E-state index contributed by atoms with van der Waals surface area (Å²) in [6.45, 7) is 5.05. The standard InChI is InChI=1S/C28H26BrFN4O3S/c1-19-11-13-25(14-12-19)38(36,37)33(24-8-6-7-23(29)16-24)18-28(35)32-31-17-22-15-20(2)34(21(22)3)27-10-5-4-9-26(27)30/h4-17H,18H2,1-3H3,(H,32,35)/b31-17-. The zero-order valence-corrected chi connectivity index (χ0v) is 23.4. The van der Waals surface area contributed by atoms with Crippen molar-refractivity contribution in [2.24, 2.45) is 5.10 Å². The monoisotopic (exact) mass is 596 g/mol. The van der Waals surface area contributed by atoms with Crippen LogP contribution in [0.25, 0.3) is 5.69 Å². The third-order valence-electron chi connectivity index (χ3n) is 5.95. The van der Waals surface area contributed by atoms with E-state index in [-0.39, 0.29) is 10.7 Å². The fourth-order valence-corrected chi connectivity index (χ4v) is 5.85. The van der Waals surface area contributed by atoms with E-state index in [0.29, 0.717) is 21.4 Å². The number of carbonyl (C=O) groups excluding carboxylic acids is 1. The Labute approximate surface area is 229 Å². The minimum absolute atomic E-state index is 0.0694. The van der Waals surface area contributed by atoms with Crippen LogP contribution in [0.5, 0.6) is 0 Å². The molecule has 1 heterocycles. The molecule has 0 radical (unpaired) electrons. The number of aromatic nitrogens is 1. The lowest BCUT2D eigenvalue weighted by molar-refractivity contribution is -0.119. The van der Waals surface area contributed by atoms with E-state index in [1.807, 2.05) is 26.8 Å². The molecule has 1 N–H and O–H groups in total. The van der Waals surface area contributed by atoms with Crippen molar-refractivity contribution in [3.05, 3.63) is 112 Å². The fraction of sp³-hybridized carbons (Fsp3) is 0.143. The maximum atomic E-state index is 14.4. The Morgan fingerprint density at radius 1 is 1.03 bits per heavy atom. The summed E-state index contributed by atoms with van der Waals surface area (Å²) >= 11 is 3.36. The summed E-state index contributed by atoms with van der Waals surface area (Å²) in [5.74, 6) is -0.978. The number of carbonyl (C=O) groups is 1. The van der Waals surface area contributed by atoms with E-state index in [1.54, 1.807) is 59.2 Å². The molecule has 0 unspecified atom stereocenters. The topological polar surface area (TPSA) is 83.8 Å². The van der Waals surface area contributed by atoms with Gasteiger partial charge in [-0.05, 0) is 69.3 Å². The highest BCUT2D eigenvalue weighted by atomic mass is 79.9. The van der Waals surface area contributed by atoms with Gasteiger partial charge in [-0.3, -0.25) is 9.10 Å². The van der Waals surface area contributed by atoms with E-state index in [4.69, 9.17) is 0 Å². The first-order valence-corrected chi connectivity index (χ1v) is 13.9. The molecular formula is C28H26BrFN4O3S. The van der Waals surface area contributed by atoms with Gasteiger partial charge in [0.25, 0.3) is 15.9 Å². The molecule has 10 heteroatoms. The first kappa shape index (κ1) is 27.3. The summed E-state index contributed by atoms with van der Waals surface area (Å²) in [7, 11) is -4.04. The Balaban J connectivity index is 1.56. The van der Waals surface area contributed by atoms with Gasteiger partial charge in [-0.1, -0.05) is 51.8 Å². The molecular weight excluding hydrogens is 571 g/mol. The zero-order chi connectivity index (χ0) is 27.4. The van der Waals surface area contributed by atoms with Crippen molar-refractivity contribution in [3.8, 4) is 5.69 Å². The van der Waals surface area contributed by atoms with Crippen LogP contribution in [0.4, 0.5) is 10.1 Å². The molecule has 0 aliphatic rings. The number of hydrazone groups is 1. The smallest absolute Gasteiger partial charge is 0.264 e. The molecule has 4 aromatic rings. The van der Waals surface area contributed by atoms with Crippen molar-refractivity contribution in [2.45, 2.75) is 25.7 Å². The van der Waals surface area contributed by atoms with Gasteiger partial charge in [0.05, 0.1) is 22.5 Å². The second-order valence-corrected chi connectivity index (χ2v) is 11.5. The van der Waals surface area contributed by atoms with Gasteiger partial charge in [0.15, 0.2) is 0 Å². The van der Waals surface area contributed by atoms with Crippen molar-refractivity contribution in [3.63, 3.8) is 0 Å². The molecule has 3 aromatic carbocycles. The summed E-state index contributed by atoms with van der Waals surface area (Å²) in [5, 5.41) is 4.04. The summed E-state index contributed by atoms with van der Waals surface area (Å²) in [6, 6.07) is 21.4. The molecule has 1 aromatic heterocycles. The van der Waals surface area contributed by atoms with Gasteiger partial charge < -0.3 is 4.57 Å². The van der Waals surface area contributed by atoms with Crippen molar-refractivity contribution in [1.29, 1.82) is 0 Å². The van der Waals surface area contributed by atoms with Crippen LogP contribution in [0, 0.1) is 26.6 Å². The second-order valence-electron chi connectivity index (χ2n) is 8.71. The second kappa shape index (κ2) is 11.3. The van der Waals surface area contributed by atoms with Crippen molar-refractivity contribution in [1.82, 2.24) is 9.99 Å². The summed E-state index contributed by atoms with van der Waals surface area (Å²) < 4.78 is 44.8. The van der Waals surface area contributed by atoms with Crippen molar-refractivity contribution < 1.29 is 17.6 Å². The van der Waals surface area contributed by atoms with Gasteiger partial charge in [-0.2, -0.15) is 5.10 Å². The van der Waals surface area contributed by atoms with Crippen LogP contribution in [0.1, 0.15) is 22.5 Å². The molecule has 0 aliphatic carbocycles. The Bertz CT molecular complexity index is 1620. The molecule has 7 nitrogen and oxygen atoms in total. The molecule has 0 saturated carbocycles. The molecule has 0 fully saturated rings. The lowest BCUT2D eigenvalue weighted by atomic mass is 10.2. The quantitative estimate of drug-likeness (QED) is 0.211. The molecule has 196 valence electrons. The maximum absolute atomic E-state index is 14.4. The maximum Gasteiger partial charge on any atom is 0.264 e. The van der Waals surface area contributed by atoms with Crippen LogP contribution in [0.3, 0.4) is 0 Å². The lowest BCUT2D eigenvalue weighted by Gasteiger charge is -2.24. The zero-order valence-electron chi connectivity index (χ0n) is 21.0. The highest BCUT2D eigenvalue weighted by molar-refractivity contribution is 9.10. The van der Waals surface area contributed by atoms with Gasteiger partial charge in [0, 0.05) is 21.4 Å². The van der Waals surface area contributed by atoms with E-state index in [0.717, 1.165) is 21.3 Å². The first-order chi connectivity index (χ1) is 18.1. The Hall–Kier alpha value is -3.76. The van der Waals surface area contributed by atoms with E-state index < -0.39 is 22.5 Å². The van der Waals surface area contributed by atoms with Crippen LogP contribution in [0.2, 0.25) is 0 Å². The SMILES string of the molecule is Cc1ccc(S(=O)(=O)N(CC(=O)N/N=C\c2cc(C)n(-c3ccccc3F)c2C)c2cccc(Br)c2)cc1. The lowest BCUT2D eigenvalue weighted by Crippen LogP contribution is -2.39. The van der Waals surface area contributed by atoms with Gasteiger partial charge in [0.2, 0.25) is 0 Å². The van der Waals surface area contributed by atoms with Crippen molar-refractivity contribution in [2.75, 3.05) is 10.8 Å². The number of halogens is 2. The number of nitrogens with zero attached hydrogens (tertiary/aromatic N) is 3. The highest BCUT2D eigenvalue weighted by Gasteiger charge is 2.27. The number of hydrogen-bond acceptors (Lipinski definition) is 4. The predicted molar refractivity (Wildman–Crippen MR) is 151 cm³/mol. The number of hydrogen-bond donors (Lipinski definition) is 1. The van der Waals surface area contributed by atoms with E-state index >= 15 is 0 Å². The molecule has 0 saturated heterocycles. The van der Waals surface area contributed by atoms with Crippen LogP contribution in [-0.2, 0) is 14.8 Å². The summed E-state index contributed by atoms with van der Waals surface area (Å²) in [5.41, 5.74) is 6.29. The molecule has 1 amide bonds. The normalized spacial score (nSPS) is 11.6. The van der Waals surface area contributed by atoms with E-state index in [2.05, 4.69) is 26.5 Å². The van der Waals surface area contributed by atoms with Gasteiger partial charge in [-0.15, -0.1) is 0 Å². The summed E-state index contributed by atoms with van der Waals surface area (Å²) in [4.78, 5) is 12.9. The minimum atomic E-state index is -4.04. The fourth-order valence-electron chi connectivity index (χ4n) is 4.05. The number of sulfonamides is 1. The number of nitrogens with one attached hydrogen (secondary N) is 1. The largest absolute Gasteiger partial charge is 0.315 e. The number of aryl methyl sites for hydroxylation is 2. The number of rotatable bonds is 8. The minimum Gasteiger partial charge on any atom is -0.315 e. The molecule has 0 aliphatic heterocycles. The molecule has 0 bridgehead atoms. The van der Waals surface area contributed by atoms with E-state index in [1.165, 1.54) is 24.4 Å². The Kier molecular flexibility index (Phi) is 8.13. The van der Waals surface area contributed by atoms with Crippen LogP contribution >= 0.6 is 15.9 Å². The molecule has 38 heavy (non-hydrogen) atoms. The highest BCUT2D eigenvalue weighted by Crippen LogP contribution is 2.26. The average molecular weight is 598 g/mol. The third-order valence-corrected chi connectivity index (χ3v) is 8.23. The Morgan fingerprint density at radius 2 is 1.74 bits per heavy atom. The van der Waals surface area contributed by atoms with Gasteiger partial charge in [0.1, 0.15) is 12.4 Å². The van der Waals surface area contributed by atoms with Crippen molar-refractivity contribution >= 4 is 43.8 Å². The Morgan fingerprint density at radius 3 is 2.42 bits per heavy atom.